The molecular formula is C95H60F10N2. The lowest BCUT2D eigenvalue weighted by atomic mass is 9.66. The highest BCUT2D eigenvalue weighted by molar-refractivity contribution is 5.99. The lowest BCUT2D eigenvalue weighted by Crippen LogP contribution is -2.30. The van der Waals surface area contributed by atoms with Gasteiger partial charge in [0.25, 0.3) is 0 Å². The molecule has 4 aliphatic carbocycles. The molecule has 520 valence electrons. The number of halogens is 10. The van der Waals surface area contributed by atoms with Crippen molar-refractivity contribution in [3.05, 3.63) is 426 Å². The minimum atomic E-state index is -2.35. The van der Waals surface area contributed by atoms with Gasteiger partial charge in [-0.1, -0.05) is 243 Å². The number of fused-ring (bicyclic) bond motifs is 16. The molecule has 2 atom stereocenters. The summed E-state index contributed by atoms with van der Waals surface area (Å²) in [5.41, 5.74) is 13.4. The maximum Gasteiger partial charge on any atom is 0.200 e. The van der Waals surface area contributed by atoms with Crippen LogP contribution in [0.5, 0.6) is 0 Å². The fraction of sp³-hybridized carbons (Fsp3) is 0.0737. The van der Waals surface area contributed by atoms with Crippen LogP contribution in [0.4, 0.5) is 78.0 Å². The van der Waals surface area contributed by atoms with Crippen molar-refractivity contribution in [3.63, 3.8) is 0 Å². The second-order valence-corrected chi connectivity index (χ2v) is 28.1. The summed E-state index contributed by atoms with van der Waals surface area (Å²) in [6.45, 7) is 16.0. The summed E-state index contributed by atoms with van der Waals surface area (Å²) in [5, 5.41) is 0. The quantitative estimate of drug-likeness (QED) is 0.0683. The standard InChI is InChI=1S/C95H60F10N2/c1-7-55-29-33-57(34-30-55)93(75-45-51(3)25-27-53(75)5)71-21-13-9-17-63(71)67-41-37-59(47-77(67)93)106(91-87(102)83(98)81(96)84(99)88(91)103)61-39-43-69-65-19-11-15-23-73(65)95(79(69)49-61)74-24-16-12-20-66(74)70-44-40-62(50-80(70)95)107(92-89(104)85(100)82(97)86(101)90(92)105)60-38-42-68-64-18-10-14-22-72(64)94(78(68)48-60,58-35-31-56(8-2)32-36-58)76-46-52(4)26-28-54(76)6/h7-50H,1-2H2,3-6H3. The summed E-state index contributed by atoms with van der Waals surface area (Å²) in [6.07, 6.45) is 3.47. The molecule has 14 aromatic rings. The molecule has 107 heavy (non-hydrogen) atoms. The minimum Gasteiger partial charge on any atom is -0.305 e. The van der Waals surface area contributed by atoms with Crippen molar-refractivity contribution in [2.45, 2.75) is 43.9 Å². The van der Waals surface area contributed by atoms with E-state index < -0.39 is 85.8 Å². The maximum atomic E-state index is 17.6. The highest BCUT2D eigenvalue weighted by Crippen LogP contribution is 2.66. The van der Waals surface area contributed by atoms with Crippen molar-refractivity contribution in [2.75, 3.05) is 9.80 Å². The molecule has 0 amide bonds. The zero-order valence-electron chi connectivity index (χ0n) is 58.0. The molecule has 2 unspecified atom stereocenters. The first-order chi connectivity index (χ1) is 51.8. The van der Waals surface area contributed by atoms with E-state index in [0.717, 1.165) is 98.8 Å². The first kappa shape index (κ1) is 66.4. The molecule has 0 N–H and O–H groups in total. The lowest BCUT2D eigenvalue weighted by Gasteiger charge is -2.37. The number of nitrogens with zero attached hydrogens (tertiary/aromatic N) is 2. The van der Waals surface area contributed by atoms with Crippen LogP contribution in [0.25, 0.3) is 56.7 Å². The van der Waals surface area contributed by atoms with Gasteiger partial charge in [-0.15, -0.1) is 0 Å². The topological polar surface area (TPSA) is 6.48 Å². The van der Waals surface area contributed by atoms with E-state index in [2.05, 4.69) is 25.3 Å². The predicted molar refractivity (Wildman–Crippen MR) is 405 cm³/mol. The van der Waals surface area contributed by atoms with Crippen LogP contribution in [0, 0.1) is 85.9 Å². The fourth-order valence-electron chi connectivity index (χ4n) is 18.1. The van der Waals surface area contributed by atoms with Gasteiger partial charge in [0.1, 0.15) is 11.4 Å². The maximum absolute atomic E-state index is 17.6. The number of benzene rings is 14. The van der Waals surface area contributed by atoms with E-state index in [1.165, 1.54) is 0 Å². The van der Waals surface area contributed by atoms with Crippen LogP contribution in [0.2, 0.25) is 0 Å². The Bertz CT molecular complexity index is 5780. The Morgan fingerprint density at radius 3 is 0.785 bits per heavy atom. The number of hydrogen-bond donors (Lipinski definition) is 0. The Hall–Kier alpha value is -12.5. The van der Waals surface area contributed by atoms with Crippen LogP contribution in [0.3, 0.4) is 0 Å². The molecule has 0 aliphatic heterocycles. The molecule has 0 radical (unpaired) electrons. The zero-order valence-corrected chi connectivity index (χ0v) is 58.0. The molecule has 0 saturated carbocycles. The van der Waals surface area contributed by atoms with Crippen LogP contribution in [-0.4, -0.2) is 0 Å². The van der Waals surface area contributed by atoms with Gasteiger partial charge >= 0.3 is 0 Å². The Labute approximate surface area is 611 Å². The van der Waals surface area contributed by atoms with Crippen LogP contribution in [0.15, 0.2) is 268 Å². The first-order valence-electron chi connectivity index (χ1n) is 35.0. The second-order valence-electron chi connectivity index (χ2n) is 28.1. The largest absolute Gasteiger partial charge is 0.305 e. The van der Waals surface area contributed by atoms with Gasteiger partial charge in [-0.2, -0.15) is 0 Å². The molecule has 0 heterocycles. The van der Waals surface area contributed by atoms with Gasteiger partial charge in [0.2, 0.25) is 11.6 Å². The molecule has 18 rings (SSSR count). The summed E-state index contributed by atoms with van der Waals surface area (Å²) < 4.78 is 167. The molecular weight excluding hydrogens is 1360 g/mol. The van der Waals surface area contributed by atoms with E-state index in [1.807, 2.05) is 210 Å². The van der Waals surface area contributed by atoms with E-state index in [-0.39, 0.29) is 22.7 Å². The Balaban J connectivity index is 0.904. The first-order valence-corrected chi connectivity index (χ1v) is 35.0. The third kappa shape index (κ3) is 9.08. The van der Waals surface area contributed by atoms with Gasteiger partial charge in [-0.25, -0.2) is 43.9 Å². The third-order valence-corrected chi connectivity index (χ3v) is 22.7. The number of aryl methyl sites for hydroxylation is 4. The molecule has 12 heteroatoms. The zero-order chi connectivity index (χ0) is 74.0. The van der Waals surface area contributed by atoms with Crippen molar-refractivity contribution in [1.29, 1.82) is 0 Å². The molecule has 0 saturated heterocycles. The van der Waals surface area contributed by atoms with Crippen molar-refractivity contribution in [1.82, 2.24) is 0 Å². The number of anilines is 6. The van der Waals surface area contributed by atoms with Crippen LogP contribution < -0.4 is 9.80 Å². The van der Waals surface area contributed by atoms with Crippen molar-refractivity contribution < 1.29 is 43.9 Å². The Kier molecular flexibility index (Phi) is 15.1. The average Bonchev–Trinajstić information content (AvgIpc) is 1.52. The van der Waals surface area contributed by atoms with Crippen molar-refractivity contribution in [3.8, 4) is 44.5 Å². The summed E-state index contributed by atoms with van der Waals surface area (Å²) in [6, 6.07) is 79.2. The van der Waals surface area contributed by atoms with E-state index in [0.29, 0.717) is 55.6 Å². The fourth-order valence-corrected chi connectivity index (χ4v) is 18.1. The van der Waals surface area contributed by atoms with Gasteiger partial charge in [0, 0.05) is 22.7 Å². The highest BCUT2D eigenvalue weighted by Gasteiger charge is 2.54. The summed E-state index contributed by atoms with van der Waals surface area (Å²) >= 11 is 0. The van der Waals surface area contributed by atoms with E-state index >= 15 is 43.9 Å². The van der Waals surface area contributed by atoms with E-state index in [9.17, 15) is 0 Å². The lowest BCUT2D eigenvalue weighted by molar-refractivity contribution is 0.380. The second kappa shape index (κ2) is 24.3. The summed E-state index contributed by atoms with van der Waals surface area (Å²) in [7, 11) is 0. The van der Waals surface area contributed by atoms with Gasteiger partial charge < -0.3 is 9.80 Å². The minimum absolute atomic E-state index is 0.0161. The SMILES string of the molecule is C=Cc1ccc(C2(c3cc(C)ccc3C)c3ccccc3-c3ccc(N(c4ccc5c(c4)C4(c6ccccc6-5)c5ccccc5-c5ccc(N(c6ccc7c(c6)C(c6ccc(C=C)cc6)(c6cc(C)ccc6C)c6ccccc6-7)c6c(F)c(F)c(F)c(F)c6F)cc54)c4c(F)c(F)c(F)c(F)c4F)cc32)cc1. The van der Waals surface area contributed by atoms with Crippen LogP contribution in [-0.2, 0) is 16.2 Å². The van der Waals surface area contributed by atoms with E-state index in [1.54, 1.807) is 72.8 Å². The van der Waals surface area contributed by atoms with Crippen LogP contribution >= 0.6 is 0 Å². The predicted octanol–water partition coefficient (Wildman–Crippen LogP) is 25.6. The Morgan fingerprint density at radius 2 is 0.495 bits per heavy atom. The van der Waals surface area contributed by atoms with Crippen molar-refractivity contribution >= 4 is 46.3 Å². The van der Waals surface area contributed by atoms with Gasteiger partial charge in [-0.05, 0) is 210 Å². The molecule has 4 aliphatic rings. The number of hydrogen-bond acceptors (Lipinski definition) is 2. The van der Waals surface area contributed by atoms with Gasteiger partial charge in [-0.3, -0.25) is 0 Å². The van der Waals surface area contributed by atoms with Crippen molar-refractivity contribution in [2.24, 2.45) is 0 Å². The molecule has 0 fully saturated rings. The highest BCUT2D eigenvalue weighted by atomic mass is 19.2. The molecule has 0 aromatic heterocycles. The molecule has 0 bridgehead atoms. The van der Waals surface area contributed by atoms with E-state index in [4.69, 9.17) is 0 Å². The normalized spacial score (nSPS) is 16.5. The summed E-state index contributed by atoms with van der Waals surface area (Å²) in [5.74, 6) is -21.8. The molecule has 1 spiro atoms. The number of rotatable bonds is 12. The summed E-state index contributed by atoms with van der Waals surface area (Å²) in [4.78, 5) is 2.12. The van der Waals surface area contributed by atoms with Gasteiger partial charge in [0.15, 0.2) is 46.5 Å². The Morgan fingerprint density at radius 1 is 0.243 bits per heavy atom. The third-order valence-electron chi connectivity index (χ3n) is 22.7. The average molecular weight is 1420 g/mol. The molecule has 14 aromatic carbocycles. The molecule has 2 nitrogen and oxygen atoms in total. The smallest absolute Gasteiger partial charge is 0.200 e. The monoisotopic (exact) mass is 1420 g/mol. The van der Waals surface area contributed by atoms with Gasteiger partial charge in [0.05, 0.1) is 16.2 Å². The van der Waals surface area contributed by atoms with Crippen LogP contribution in [0.1, 0.15) is 100 Å².